The van der Waals surface area contributed by atoms with Gasteiger partial charge in [-0.2, -0.15) is 0 Å². The van der Waals surface area contributed by atoms with Crippen LogP contribution in [0.1, 0.15) is 157 Å². The van der Waals surface area contributed by atoms with Gasteiger partial charge < -0.3 is 56.2 Å². The van der Waals surface area contributed by atoms with Gasteiger partial charge in [-0.3, -0.25) is 53.2 Å². The molecule has 496 valence electrons. The fourth-order valence-corrected chi connectivity index (χ4v) is 14.9. The van der Waals surface area contributed by atoms with E-state index in [9.17, 15) is 34.3 Å². The Hall–Kier alpha value is -7.40. The highest BCUT2D eigenvalue weighted by Gasteiger charge is 2.64. The van der Waals surface area contributed by atoms with E-state index in [4.69, 9.17) is 0 Å². The van der Waals surface area contributed by atoms with Crippen LogP contribution in [0.3, 0.4) is 0 Å². The van der Waals surface area contributed by atoms with Crippen molar-refractivity contribution in [1.29, 1.82) is 0 Å². The molecule has 2 aromatic rings. The number of carbonyl (C=O) groups excluding carboxylic acids is 10. The number of amides is 10. The highest BCUT2D eigenvalue weighted by atomic mass is 16.5. The molecule has 0 aromatic heterocycles. The molecule has 7 aliphatic rings. The fraction of sp³-hybridized carbons (Fsp3) is 0.647. The van der Waals surface area contributed by atoms with Crippen molar-refractivity contribution in [2.75, 3.05) is 31.2 Å². The van der Waals surface area contributed by atoms with Crippen LogP contribution in [0.15, 0.2) is 66.7 Å². The molecule has 23 nitrogen and oxygen atoms in total. The first-order valence-corrected chi connectivity index (χ1v) is 33.2. The van der Waals surface area contributed by atoms with E-state index in [1.807, 2.05) is 59.7 Å². The van der Waals surface area contributed by atoms with Gasteiger partial charge in [-0.25, -0.2) is 5.06 Å². The zero-order chi connectivity index (χ0) is 66.0. The van der Waals surface area contributed by atoms with Gasteiger partial charge in [0.25, 0.3) is 0 Å². The molecule has 7 N–H and O–H groups in total. The minimum absolute atomic E-state index is 0.0000487. The summed E-state index contributed by atoms with van der Waals surface area (Å²) < 4.78 is 0. The SMILES string of the molecule is CC(C)C[C@@H]1NC(=O)[C@@H]2C[C@]3(/C=C/C(C)(C)O)c4ccccc4N(O)[C@H]3N2C(=O)[C@@H]2CCCN2C(=O)[C@H](C(C)C)NC(=O)[C@@H]2CCCN2C(=O)[C@H](CC(C)C)NC(=O)[C@@H]2CCCN2C(=O)[C@H](CC(C)C)NC(=O)[C@@H]2CCCN2C(=O)[C@H](Cc2ccccc2)NC1=O. The fourth-order valence-electron chi connectivity index (χ4n) is 14.9. The number of fused-ring (bicyclic) bond motifs is 9. The maximum Gasteiger partial charge on any atom is 0.247 e. The van der Waals surface area contributed by atoms with Crippen LogP contribution < -0.4 is 31.6 Å². The van der Waals surface area contributed by atoms with E-state index in [-0.39, 0.29) is 95.3 Å². The molecule has 9 rings (SSSR count). The molecule has 0 unspecified atom stereocenters. The second-order valence-electron chi connectivity index (χ2n) is 28.5. The number of hydrogen-bond acceptors (Lipinski definition) is 13. The van der Waals surface area contributed by atoms with Gasteiger partial charge in [0.05, 0.1) is 16.7 Å². The lowest BCUT2D eigenvalue weighted by molar-refractivity contribution is -0.151. The third-order valence-electron chi connectivity index (χ3n) is 19.3. The first kappa shape index (κ1) is 68.0. The molecule has 7 heterocycles. The summed E-state index contributed by atoms with van der Waals surface area (Å²) >= 11 is 0. The molecule has 0 aliphatic carbocycles. The summed E-state index contributed by atoms with van der Waals surface area (Å²) in [6.45, 7) is 18.7. The van der Waals surface area contributed by atoms with E-state index >= 15 is 24.0 Å². The van der Waals surface area contributed by atoms with Crippen molar-refractivity contribution < 1.29 is 58.3 Å². The molecule has 2 aromatic carbocycles. The van der Waals surface area contributed by atoms with Crippen molar-refractivity contribution in [3.05, 3.63) is 77.9 Å². The average molecular weight is 1260 g/mol. The molecule has 23 heteroatoms. The summed E-state index contributed by atoms with van der Waals surface area (Å²) in [5.41, 5.74) is -1.16. The lowest BCUT2D eigenvalue weighted by atomic mass is 9.77. The topological polar surface area (TPSA) is 291 Å². The zero-order valence-corrected chi connectivity index (χ0v) is 54.7. The normalized spacial score (nSPS) is 30.4. The molecule has 0 bridgehead atoms. The lowest BCUT2D eigenvalue weighted by Crippen LogP contribution is -2.63. The number of anilines is 1. The molecule has 12 atom stereocenters. The van der Waals surface area contributed by atoms with Crippen LogP contribution >= 0.6 is 0 Å². The van der Waals surface area contributed by atoms with Gasteiger partial charge in [0.2, 0.25) is 59.1 Å². The van der Waals surface area contributed by atoms with E-state index in [2.05, 4.69) is 26.6 Å². The van der Waals surface area contributed by atoms with Gasteiger partial charge in [0.1, 0.15) is 66.6 Å². The largest absolute Gasteiger partial charge is 0.386 e. The highest BCUT2D eigenvalue weighted by molar-refractivity contribution is 6.01. The van der Waals surface area contributed by atoms with Crippen molar-refractivity contribution >= 4 is 64.8 Å². The van der Waals surface area contributed by atoms with E-state index in [0.29, 0.717) is 48.9 Å². The summed E-state index contributed by atoms with van der Waals surface area (Å²) in [5, 5.41) is 39.6. The molecule has 91 heavy (non-hydrogen) atoms. The molecule has 6 fully saturated rings. The molecular formula is C68H97N11O12. The van der Waals surface area contributed by atoms with Crippen molar-refractivity contribution in [3.8, 4) is 0 Å². The first-order chi connectivity index (χ1) is 43.1. The second kappa shape index (κ2) is 28.2. The molecule has 10 amide bonds. The van der Waals surface area contributed by atoms with Crippen molar-refractivity contribution in [3.63, 3.8) is 0 Å². The number of nitrogens with zero attached hydrogens (tertiary/aromatic N) is 6. The Balaban J connectivity index is 1.13. The summed E-state index contributed by atoms with van der Waals surface area (Å²) in [6, 6.07) is 4.39. The van der Waals surface area contributed by atoms with Gasteiger partial charge in [-0.1, -0.05) is 116 Å². The van der Waals surface area contributed by atoms with Crippen molar-refractivity contribution in [1.82, 2.24) is 51.1 Å². The van der Waals surface area contributed by atoms with E-state index in [1.165, 1.54) is 24.5 Å². The number of hydrogen-bond donors (Lipinski definition) is 7. The van der Waals surface area contributed by atoms with Crippen LogP contribution in [0.4, 0.5) is 5.69 Å². The summed E-state index contributed by atoms with van der Waals surface area (Å²) in [4.78, 5) is 159. The Bertz CT molecular complexity index is 3090. The van der Waals surface area contributed by atoms with E-state index < -0.39 is 143 Å². The van der Waals surface area contributed by atoms with Crippen molar-refractivity contribution in [2.24, 2.45) is 23.7 Å². The number of aliphatic hydroxyl groups is 1. The molecular weight excluding hydrogens is 1160 g/mol. The van der Waals surface area contributed by atoms with Crippen LogP contribution in [0.2, 0.25) is 0 Å². The molecule has 0 saturated carbocycles. The number of rotatable bonds is 11. The van der Waals surface area contributed by atoms with Gasteiger partial charge in [0.15, 0.2) is 0 Å². The van der Waals surface area contributed by atoms with Crippen molar-refractivity contribution in [2.45, 2.75) is 230 Å². The van der Waals surface area contributed by atoms with E-state index in [1.54, 1.807) is 76.2 Å². The minimum atomic E-state index is -1.42. The number of hydroxylamine groups is 1. The summed E-state index contributed by atoms with van der Waals surface area (Å²) in [6.07, 6.45) is 4.98. The monoisotopic (exact) mass is 1260 g/mol. The van der Waals surface area contributed by atoms with E-state index in [0.717, 1.165) is 5.06 Å². The van der Waals surface area contributed by atoms with Crippen LogP contribution in [-0.2, 0) is 59.8 Å². The Kier molecular flexibility index (Phi) is 21.1. The number of benzene rings is 2. The molecule has 7 aliphatic heterocycles. The van der Waals surface area contributed by atoms with Crippen LogP contribution in [0, 0.1) is 23.7 Å². The predicted molar refractivity (Wildman–Crippen MR) is 339 cm³/mol. The Morgan fingerprint density at radius 3 is 1.42 bits per heavy atom. The third-order valence-corrected chi connectivity index (χ3v) is 19.3. The molecule has 0 spiro atoms. The Morgan fingerprint density at radius 1 is 0.505 bits per heavy atom. The van der Waals surface area contributed by atoms with Gasteiger partial charge >= 0.3 is 0 Å². The smallest absolute Gasteiger partial charge is 0.247 e. The highest BCUT2D eigenvalue weighted by Crippen LogP contribution is 2.55. The van der Waals surface area contributed by atoms with Crippen LogP contribution in [-0.4, -0.2) is 192 Å². The quantitative estimate of drug-likeness (QED) is 0.158. The number of nitrogens with one attached hydrogen (secondary N) is 5. The standard InChI is InChI=1S/C68H97N11O12/c1-39(2)34-45-56(80)70-48(37-43-20-12-11-13-21-43)63(87)75-31-17-25-51(75)58(82)71-46(35-40(3)4)61(85)74-30-16-24-50(74)57(81)72-47(36-41(5)6)62(86)76-32-18-26-52(76)59(83)73-55(42(7)8)65(89)77-33-19-27-53(77)64(88)78-54(60(84)69-45)38-68(29-28-67(9,10)90)44-22-14-15-23-49(44)79(91)66(68)78/h11-15,20-23,28-29,39-42,45-48,50-55,66,90-91H,16-19,24-27,30-38H2,1-10H3,(H,69,84)(H,70,80)(H,71,82)(H,72,81)(H,73,83)/b29-28+/t45-,46-,47-,48-,50-,51-,52-,53-,54-,55-,66+,68+/m0/s1. The van der Waals surface area contributed by atoms with Crippen LogP contribution in [0.5, 0.6) is 0 Å². The average Bonchev–Trinajstić information content (AvgIpc) is 1.53. The lowest BCUT2D eigenvalue weighted by Gasteiger charge is -2.39. The third kappa shape index (κ3) is 14.6. The zero-order valence-electron chi connectivity index (χ0n) is 54.7. The maximum atomic E-state index is 16.0. The molecule has 6 saturated heterocycles. The number of para-hydroxylation sites is 1. The van der Waals surface area contributed by atoms with Gasteiger partial charge in [0, 0.05) is 32.6 Å². The molecule has 0 radical (unpaired) electrons. The summed E-state index contributed by atoms with van der Waals surface area (Å²) in [5.74, 6) is -6.88. The maximum absolute atomic E-state index is 16.0. The second-order valence-corrected chi connectivity index (χ2v) is 28.5. The van der Waals surface area contributed by atoms with Gasteiger partial charge in [-0.15, -0.1) is 0 Å². The minimum Gasteiger partial charge on any atom is -0.386 e. The predicted octanol–water partition coefficient (Wildman–Crippen LogP) is 3.83. The Labute approximate surface area is 535 Å². The van der Waals surface area contributed by atoms with Gasteiger partial charge in [-0.05, 0) is 132 Å². The summed E-state index contributed by atoms with van der Waals surface area (Å²) in [7, 11) is 0. The first-order valence-electron chi connectivity index (χ1n) is 33.2. The number of carbonyl (C=O) groups is 10. The Morgan fingerprint density at radius 2 is 0.923 bits per heavy atom. The van der Waals surface area contributed by atoms with Crippen LogP contribution in [0.25, 0.3) is 0 Å².